The molecule has 2 aromatic rings. The third kappa shape index (κ3) is 3.78. The fourth-order valence-corrected chi connectivity index (χ4v) is 2.55. The van der Waals surface area contributed by atoms with E-state index in [0.29, 0.717) is 5.75 Å². The predicted molar refractivity (Wildman–Crippen MR) is 73.1 cm³/mol. The first kappa shape index (κ1) is 13.0. The Kier molecular flexibility index (Phi) is 4.66. The lowest BCUT2D eigenvalue weighted by Crippen LogP contribution is -2.15. The summed E-state index contributed by atoms with van der Waals surface area (Å²) in [4.78, 5) is 0. The highest BCUT2D eigenvalue weighted by Crippen LogP contribution is 2.17. The number of rotatable bonds is 6. The summed E-state index contributed by atoms with van der Waals surface area (Å²) < 4.78 is 0. The number of hydrogen-bond donors (Lipinski definition) is 2. The Balaban J connectivity index is 1.94. The molecule has 0 saturated carbocycles. The third-order valence-corrected chi connectivity index (χ3v) is 3.52. The Morgan fingerprint density at radius 2 is 2.11 bits per heavy atom. The maximum atomic E-state index is 9.40. The number of hydrogen-bond acceptors (Lipinski definition) is 5. The first-order chi connectivity index (χ1) is 8.78. The molecule has 0 atom stereocenters. The molecule has 1 aromatic carbocycles. The summed E-state index contributed by atoms with van der Waals surface area (Å²) in [5, 5.41) is 23.1. The molecule has 0 fully saturated rings. The number of benzene rings is 1. The van der Waals surface area contributed by atoms with E-state index < -0.39 is 0 Å². The molecule has 0 radical (unpaired) electrons. The van der Waals surface area contributed by atoms with Crippen LogP contribution in [0.3, 0.4) is 0 Å². The van der Waals surface area contributed by atoms with E-state index in [4.69, 9.17) is 0 Å². The number of aromatic hydroxyl groups is 1. The standard InChI is InChI=1S/C13H17N3OS/c1-2-14-7-6-12-15-16-13(18-12)9-10-4-3-5-11(17)8-10/h3-5,8,14,17H,2,6-7,9H2,1H3. The van der Waals surface area contributed by atoms with Gasteiger partial charge >= 0.3 is 0 Å². The van der Waals surface area contributed by atoms with Crippen LogP contribution < -0.4 is 5.32 Å². The molecule has 0 aliphatic rings. The molecule has 1 aromatic heterocycles. The monoisotopic (exact) mass is 263 g/mol. The summed E-state index contributed by atoms with van der Waals surface area (Å²) in [5.41, 5.74) is 1.06. The molecule has 0 aliphatic heterocycles. The molecule has 4 nitrogen and oxygen atoms in total. The molecule has 1 heterocycles. The van der Waals surface area contributed by atoms with Crippen molar-refractivity contribution >= 4 is 11.3 Å². The maximum absolute atomic E-state index is 9.40. The van der Waals surface area contributed by atoms with E-state index in [1.165, 1.54) is 0 Å². The van der Waals surface area contributed by atoms with Gasteiger partial charge in [-0.05, 0) is 24.2 Å². The van der Waals surface area contributed by atoms with Gasteiger partial charge in [0, 0.05) is 19.4 Å². The van der Waals surface area contributed by atoms with Crippen molar-refractivity contribution in [3.63, 3.8) is 0 Å². The summed E-state index contributed by atoms with van der Waals surface area (Å²) in [7, 11) is 0. The van der Waals surface area contributed by atoms with E-state index in [2.05, 4.69) is 22.4 Å². The van der Waals surface area contributed by atoms with Crippen molar-refractivity contribution in [1.82, 2.24) is 15.5 Å². The van der Waals surface area contributed by atoms with Gasteiger partial charge in [0.15, 0.2) is 0 Å². The molecule has 0 amide bonds. The molecule has 2 rings (SSSR count). The molecular formula is C13H17N3OS. The average molecular weight is 263 g/mol. The maximum Gasteiger partial charge on any atom is 0.121 e. The summed E-state index contributed by atoms with van der Waals surface area (Å²) in [6.07, 6.45) is 1.65. The molecule has 18 heavy (non-hydrogen) atoms. The quantitative estimate of drug-likeness (QED) is 0.783. The van der Waals surface area contributed by atoms with Crippen molar-refractivity contribution in [2.75, 3.05) is 13.1 Å². The van der Waals surface area contributed by atoms with Crippen molar-refractivity contribution in [2.24, 2.45) is 0 Å². The lowest BCUT2D eigenvalue weighted by molar-refractivity contribution is 0.474. The smallest absolute Gasteiger partial charge is 0.121 e. The SMILES string of the molecule is CCNCCc1nnc(Cc2cccc(O)c2)s1. The van der Waals surface area contributed by atoms with E-state index in [-0.39, 0.29) is 0 Å². The minimum atomic E-state index is 0.296. The van der Waals surface area contributed by atoms with Crippen molar-refractivity contribution in [3.8, 4) is 5.75 Å². The summed E-state index contributed by atoms with van der Waals surface area (Å²) in [6, 6.07) is 7.27. The van der Waals surface area contributed by atoms with Crippen LogP contribution in [-0.4, -0.2) is 28.4 Å². The fourth-order valence-electron chi connectivity index (χ4n) is 1.67. The van der Waals surface area contributed by atoms with Crippen LogP contribution in [0, 0.1) is 0 Å². The van der Waals surface area contributed by atoms with Gasteiger partial charge in [-0.25, -0.2) is 0 Å². The van der Waals surface area contributed by atoms with Crippen LogP contribution in [-0.2, 0) is 12.8 Å². The van der Waals surface area contributed by atoms with E-state index in [1.807, 2.05) is 12.1 Å². The van der Waals surface area contributed by atoms with Crippen LogP contribution in [0.25, 0.3) is 0 Å². The Morgan fingerprint density at radius 1 is 1.28 bits per heavy atom. The zero-order chi connectivity index (χ0) is 12.8. The lowest BCUT2D eigenvalue weighted by Gasteiger charge is -1.98. The first-order valence-electron chi connectivity index (χ1n) is 6.08. The van der Waals surface area contributed by atoms with Crippen LogP contribution >= 0.6 is 11.3 Å². The van der Waals surface area contributed by atoms with Gasteiger partial charge in [0.05, 0.1) is 0 Å². The van der Waals surface area contributed by atoms with Gasteiger partial charge in [-0.1, -0.05) is 19.1 Å². The van der Waals surface area contributed by atoms with Gasteiger partial charge in [-0.15, -0.1) is 21.5 Å². The highest BCUT2D eigenvalue weighted by atomic mass is 32.1. The minimum Gasteiger partial charge on any atom is -0.508 e. The summed E-state index contributed by atoms with van der Waals surface area (Å²) >= 11 is 1.64. The number of aromatic nitrogens is 2. The van der Waals surface area contributed by atoms with Crippen LogP contribution in [0.1, 0.15) is 22.5 Å². The molecule has 0 bridgehead atoms. The molecule has 0 spiro atoms. The third-order valence-electron chi connectivity index (χ3n) is 2.54. The second-order valence-electron chi connectivity index (χ2n) is 4.04. The van der Waals surface area contributed by atoms with Gasteiger partial charge in [0.2, 0.25) is 0 Å². The molecule has 5 heteroatoms. The number of nitrogens with zero attached hydrogens (tertiary/aromatic N) is 2. The summed E-state index contributed by atoms with van der Waals surface area (Å²) in [6.45, 7) is 4.01. The fraction of sp³-hybridized carbons (Fsp3) is 0.385. The highest BCUT2D eigenvalue weighted by molar-refractivity contribution is 7.11. The van der Waals surface area contributed by atoms with Crippen LogP contribution in [0.5, 0.6) is 5.75 Å². The van der Waals surface area contributed by atoms with E-state index in [1.54, 1.807) is 23.5 Å². The highest BCUT2D eigenvalue weighted by Gasteiger charge is 2.05. The van der Waals surface area contributed by atoms with Crippen molar-refractivity contribution < 1.29 is 5.11 Å². The number of likely N-dealkylation sites (N-methyl/N-ethyl adjacent to an activating group) is 1. The first-order valence-corrected chi connectivity index (χ1v) is 6.89. The van der Waals surface area contributed by atoms with Crippen molar-refractivity contribution in [3.05, 3.63) is 39.8 Å². The van der Waals surface area contributed by atoms with E-state index >= 15 is 0 Å². The predicted octanol–water partition coefficient (Wildman–Crippen LogP) is 1.99. The molecule has 0 unspecified atom stereocenters. The average Bonchev–Trinajstić information content (AvgIpc) is 2.77. The second kappa shape index (κ2) is 6.47. The van der Waals surface area contributed by atoms with Crippen LogP contribution in [0.2, 0.25) is 0 Å². The summed E-state index contributed by atoms with van der Waals surface area (Å²) in [5.74, 6) is 0.296. The van der Waals surface area contributed by atoms with E-state index in [0.717, 1.165) is 41.5 Å². The molecule has 0 saturated heterocycles. The van der Waals surface area contributed by atoms with Crippen molar-refractivity contribution in [2.45, 2.75) is 19.8 Å². The normalized spacial score (nSPS) is 10.7. The van der Waals surface area contributed by atoms with Gasteiger partial charge in [-0.2, -0.15) is 0 Å². The van der Waals surface area contributed by atoms with Gasteiger partial charge in [0.25, 0.3) is 0 Å². The second-order valence-corrected chi connectivity index (χ2v) is 5.19. The van der Waals surface area contributed by atoms with Gasteiger partial charge in [0.1, 0.15) is 15.8 Å². The van der Waals surface area contributed by atoms with Crippen molar-refractivity contribution in [1.29, 1.82) is 0 Å². The minimum absolute atomic E-state index is 0.296. The largest absolute Gasteiger partial charge is 0.508 e. The molecular weight excluding hydrogens is 246 g/mol. The Labute approximate surface area is 111 Å². The van der Waals surface area contributed by atoms with E-state index in [9.17, 15) is 5.11 Å². The Bertz CT molecular complexity index is 498. The Morgan fingerprint density at radius 3 is 2.89 bits per heavy atom. The number of nitrogens with one attached hydrogen (secondary N) is 1. The molecule has 0 aliphatic carbocycles. The molecule has 2 N–H and O–H groups in total. The zero-order valence-corrected chi connectivity index (χ0v) is 11.2. The lowest BCUT2D eigenvalue weighted by atomic mass is 10.1. The van der Waals surface area contributed by atoms with Gasteiger partial charge in [-0.3, -0.25) is 0 Å². The topological polar surface area (TPSA) is 58.0 Å². The number of phenolic OH excluding ortho intramolecular Hbond substituents is 1. The van der Waals surface area contributed by atoms with Gasteiger partial charge < -0.3 is 10.4 Å². The Hall–Kier alpha value is -1.46. The van der Waals surface area contributed by atoms with Crippen LogP contribution in [0.15, 0.2) is 24.3 Å². The number of phenols is 1. The zero-order valence-electron chi connectivity index (χ0n) is 10.4. The molecule has 96 valence electrons. The van der Waals surface area contributed by atoms with Crippen LogP contribution in [0.4, 0.5) is 0 Å².